The molecule has 0 saturated heterocycles. The predicted molar refractivity (Wildman–Crippen MR) is 135 cm³/mol. The molecule has 2 saturated carbocycles. The number of carbonyl (C=O) groups excluding carboxylic acids is 1. The molecule has 1 atom stereocenters. The van der Waals surface area contributed by atoms with Crippen LogP contribution >= 0.6 is 0 Å². The lowest BCUT2D eigenvalue weighted by Crippen LogP contribution is -2.31. The first-order chi connectivity index (χ1) is 16.5. The van der Waals surface area contributed by atoms with Crippen LogP contribution < -0.4 is 5.32 Å². The van der Waals surface area contributed by atoms with E-state index in [0.717, 1.165) is 45.1 Å². The molecule has 2 aromatic heterocycles. The highest BCUT2D eigenvalue weighted by Gasteiger charge is 2.49. The molecule has 2 fully saturated rings. The van der Waals surface area contributed by atoms with Crippen LogP contribution in [0.5, 0.6) is 0 Å². The largest absolute Gasteiger partial charge is 0.341 e. The molecule has 0 radical (unpaired) electrons. The number of anilines is 1. The Morgan fingerprint density at radius 3 is 2.32 bits per heavy atom. The third-order valence-electron chi connectivity index (χ3n) is 7.52. The van der Waals surface area contributed by atoms with E-state index in [-0.39, 0.29) is 11.8 Å². The lowest BCUT2D eigenvalue weighted by atomic mass is 9.82. The fraction of sp³-hybridized carbons (Fsp3) is 0.393. The molecule has 174 valence electrons. The van der Waals surface area contributed by atoms with Gasteiger partial charge in [0.1, 0.15) is 5.82 Å². The summed E-state index contributed by atoms with van der Waals surface area (Å²) in [7, 11) is 0. The molecule has 6 rings (SSSR count). The van der Waals surface area contributed by atoms with Crippen LogP contribution in [0.25, 0.3) is 22.2 Å². The van der Waals surface area contributed by atoms with Crippen molar-refractivity contribution in [1.82, 2.24) is 20.2 Å². The number of hydrogen-bond acceptors (Lipinski definition) is 3. The van der Waals surface area contributed by atoms with Gasteiger partial charge in [-0.1, -0.05) is 18.2 Å². The average molecular weight is 454 g/mol. The maximum Gasteiger partial charge on any atom is 0.235 e. The van der Waals surface area contributed by atoms with Gasteiger partial charge in [-0.3, -0.25) is 9.89 Å². The maximum absolute atomic E-state index is 13.8. The lowest BCUT2D eigenvalue weighted by molar-refractivity contribution is -0.119. The van der Waals surface area contributed by atoms with E-state index in [1.807, 2.05) is 32.0 Å². The molecule has 2 aromatic carbocycles. The van der Waals surface area contributed by atoms with Crippen molar-refractivity contribution in [3.8, 4) is 11.1 Å². The van der Waals surface area contributed by atoms with Crippen LogP contribution in [0.3, 0.4) is 0 Å². The number of fused-ring (bicyclic) bond motifs is 1. The summed E-state index contributed by atoms with van der Waals surface area (Å²) in [5, 5.41) is 10.6. The van der Waals surface area contributed by atoms with Gasteiger partial charge < -0.3 is 10.3 Å². The van der Waals surface area contributed by atoms with E-state index in [9.17, 15) is 4.79 Å². The Balaban J connectivity index is 1.31. The van der Waals surface area contributed by atoms with Gasteiger partial charge >= 0.3 is 0 Å². The molecule has 1 unspecified atom stereocenters. The van der Waals surface area contributed by atoms with Crippen LogP contribution in [0, 0.1) is 38.5 Å². The monoisotopic (exact) mass is 453 g/mol. The first-order valence-electron chi connectivity index (χ1n) is 12.4. The highest BCUT2D eigenvalue weighted by atomic mass is 16.2. The van der Waals surface area contributed by atoms with Crippen molar-refractivity contribution < 1.29 is 4.79 Å². The fourth-order valence-corrected chi connectivity index (χ4v) is 5.58. The molecule has 4 aromatic rings. The quantitative estimate of drug-likeness (QED) is 0.319. The predicted octanol–water partition coefficient (Wildman–Crippen LogP) is 6.04. The Hall–Kier alpha value is -3.41. The van der Waals surface area contributed by atoms with E-state index in [4.69, 9.17) is 4.98 Å². The number of aryl methyl sites for hydroxylation is 3. The summed E-state index contributed by atoms with van der Waals surface area (Å²) < 4.78 is 0. The number of imidazole rings is 1. The normalized spacial score (nSPS) is 16.8. The molecule has 2 heterocycles. The maximum atomic E-state index is 13.8. The van der Waals surface area contributed by atoms with E-state index in [0.29, 0.717) is 17.8 Å². The van der Waals surface area contributed by atoms with E-state index in [1.165, 1.54) is 31.2 Å². The molecular weight excluding hydrogens is 422 g/mol. The van der Waals surface area contributed by atoms with Crippen molar-refractivity contribution in [1.29, 1.82) is 0 Å². The average Bonchev–Trinajstić information content (AvgIpc) is 3.75. The van der Waals surface area contributed by atoms with E-state index in [2.05, 4.69) is 51.7 Å². The summed E-state index contributed by atoms with van der Waals surface area (Å²) in [5.41, 5.74) is 8.18. The molecular formula is C28H31N5O. The van der Waals surface area contributed by atoms with Gasteiger partial charge in [0.25, 0.3) is 0 Å². The van der Waals surface area contributed by atoms with Gasteiger partial charge in [0.05, 0.1) is 22.6 Å². The topological polar surface area (TPSA) is 86.5 Å². The van der Waals surface area contributed by atoms with Gasteiger partial charge in [-0.15, -0.1) is 0 Å². The number of amides is 1. The first kappa shape index (κ1) is 21.1. The van der Waals surface area contributed by atoms with Gasteiger partial charge in [0.15, 0.2) is 0 Å². The van der Waals surface area contributed by atoms with Gasteiger partial charge in [-0.2, -0.15) is 5.10 Å². The molecule has 0 bridgehead atoms. The number of rotatable bonds is 7. The van der Waals surface area contributed by atoms with E-state index >= 15 is 0 Å². The van der Waals surface area contributed by atoms with Crippen molar-refractivity contribution in [2.45, 2.75) is 52.4 Å². The third kappa shape index (κ3) is 3.91. The molecule has 6 nitrogen and oxygen atoms in total. The minimum atomic E-state index is -0.259. The Morgan fingerprint density at radius 2 is 1.71 bits per heavy atom. The van der Waals surface area contributed by atoms with Crippen LogP contribution in [0.15, 0.2) is 42.5 Å². The lowest BCUT2D eigenvalue weighted by Gasteiger charge is -2.25. The number of benzene rings is 2. The van der Waals surface area contributed by atoms with Crippen molar-refractivity contribution in [2.24, 2.45) is 17.8 Å². The second kappa shape index (κ2) is 8.12. The van der Waals surface area contributed by atoms with Gasteiger partial charge in [-0.05, 0) is 99.6 Å². The zero-order valence-corrected chi connectivity index (χ0v) is 20.0. The number of nitrogens with one attached hydrogen (secondary N) is 3. The molecule has 2 aliphatic carbocycles. The van der Waals surface area contributed by atoms with Gasteiger partial charge in [0.2, 0.25) is 5.91 Å². The van der Waals surface area contributed by atoms with Gasteiger partial charge in [-0.25, -0.2) is 4.98 Å². The highest BCUT2D eigenvalue weighted by Crippen LogP contribution is 2.54. The third-order valence-corrected chi connectivity index (χ3v) is 7.52. The number of aromatic nitrogens is 4. The zero-order valence-electron chi connectivity index (χ0n) is 20.0. The van der Waals surface area contributed by atoms with Crippen LogP contribution in [0.2, 0.25) is 0 Å². The Labute approximate surface area is 199 Å². The van der Waals surface area contributed by atoms with Crippen LogP contribution in [-0.4, -0.2) is 26.1 Å². The van der Waals surface area contributed by atoms with Crippen molar-refractivity contribution in [2.75, 3.05) is 5.32 Å². The zero-order chi connectivity index (χ0) is 23.4. The van der Waals surface area contributed by atoms with Crippen molar-refractivity contribution >= 4 is 22.6 Å². The van der Waals surface area contributed by atoms with E-state index in [1.54, 1.807) is 0 Å². The minimum Gasteiger partial charge on any atom is -0.341 e. The summed E-state index contributed by atoms with van der Waals surface area (Å²) in [6, 6.07) is 14.3. The Kier molecular flexibility index (Phi) is 5.05. The Morgan fingerprint density at radius 1 is 1.00 bits per heavy atom. The van der Waals surface area contributed by atoms with Crippen LogP contribution in [0.1, 0.15) is 54.4 Å². The smallest absolute Gasteiger partial charge is 0.235 e. The second-order valence-corrected chi connectivity index (χ2v) is 10.2. The SMILES string of the molecule is Cc1ccc2nc(C(C(=O)Nc3ccc(-c4c(C)n[nH]c4C)cc3)C(C3CC3)C3CC3)[nH]c2c1. The summed E-state index contributed by atoms with van der Waals surface area (Å²) in [4.78, 5) is 22.2. The molecule has 0 spiro atoms. The highest BCUT2D eigenvalue weighted by molar-refractivity contribution is 5.96. The molecule has 2 aliphatic rings. The summed E-state index contributed by atoms with van der Waals surface area (Å²) >= 11 is 0. The Bertz CT molecular complexity index is 1330. The first-order valence-corrected chi connectivity index (χ1v) is 12.4. The number of aromatic amines is 2. The summed E-state index contributed by atoms with van der Waals surface area (Å²) in [6.07, 6.45) is 4.90. The van der Waals surface area contributed by atoms with Crippen molar-refractivity contribution in [3.63, 3.8) is 0 Å². The number of nitrogens with zero attached hydrogens (tertiary/aromatic N) is 2. The van der Waals surface area contributed by atoms with Gasteiger partial charge in [0, 0.05) is 16.9 Å². The number of carbonyl (C=O) groups is 1. The summed E-state index contributed by atoms with van der Waals surface area (Å²) in [6.45, 7) is 6.11. The molecule has 34 heavy (non-hydrogen) atoms. The van der Waals surface area contributed by atoms with Crippen molar-refractivity contribution in [3.05, 3.63) is 65.2 Å². The minimum absolute atomic E-state index is 0.0444. The van der Waals surface area contributed by atoms with Crippen LogP contribution in [-0.2, 0) is 4.79 Å². The number of hydrogen-bond donors (Lipinski definition) is 3. The standard InChI is InChI=1S/C28H31N5O/c1-15-4-13-22-23(14-15)31-27(30-22)26(25(19-5-6-19)20-7-8-20)28(34)29-21-11-9-18(10-12-21)24-16(2)32-33-17(24)3/h4,9-14,19-20,25-26H,5-8H2,1-3H3,(H,29,34)(H,30,31)(H,32,33). The fourth-order valence-electron chi connectivity index (χ4n) is 5.58. The number of H-pyrrole nitrogens is 2. The molecule has 0 aliphatic heterocycles. The van der Waals surface area contributed by atoms with Crippen LogP contribution in [0.4, 0.5) is 5.69 Å². The molecule has 1 amide bonds. The summed E-state index contributed by atoms with van der Waals surface area (Å²) in [5.74, 6) is 2.22. The second-order valence-electron chi connectivity index (χ2n) is 10.2. The molecule has 3 N–H and O–H groups in total. The molecule has 6 heteroatoms. The van der Waals surface area contributed by atoms with E-state index < -0.39 is 0 Å².